The van der Waals surface area contributed by atoms with Gasteiger partial charge < -0.3 is 9.47 Å². The first-order valence-corrected chi connectivity index (χ1v) is 24.5. The fourth-order valence-corrected chi connectivity index (χ4v) is 7.62. The largest absolute Gasteiger partial charge is 0.466 e. The van der Waals surface area contributed by atoms with Gasteiger partial charge in [0.05, 0.1) is 13.2 Å². The molecule has 4 nitrogen and oxygen atoms in total. The Labute approximate surface area is 333 Å². The van der Waals surface area contributed by atoms with E-state index in [2.05, 4.69) is 13.8 Å². The van der Waals surface area contributed by atoms with Gasteiger partial charge in [0.15, 0.2) is 0 Å². The number of carbonyl (C=O) groups excluding carboxylic acids is 2. The summed E-state index contributed by atoms with van der Waals surface area (Å²) in [5, 5.41) is 0. The van der Waals surface area contributed by atoms with Gasteiger partial charge in [-0.2, -0.15) is 0 Å². The summed E-state index contributed by atoms with van der Waals surface area (Å²) in [6, 6.07) is 0. The van der Waals surface area contributed by atoms with E-state index in [-0.39, 0.29) is 11.9 Å². The van der Waals surface area contributed by atoms with Crippen molar-refractivity contribution in [2.24, 2.45) is 0 Å². The highest BCUT2D eigenvalue weighted by Gasteiger charge is 2.05. The maximum atomic E-state index is 12.0. The molecular weight excluding hydrogens is 653 g/mol. The van der Waals surface area contributed by atoms with Crippen LogP contribution in [0.25, 0.3) is 0 Å². The number of ether oxygens (including phenoxy) is 2. The molecule has 0 aromatic carbocycles. The van der Waals surface area contributed by atoms with Crippen LogP contribution in [-0.4, -0.2) is 25.2 Å². The molecule has 4 heteroatoms. The molecule has 0 aliphatic carbocycles. The van der Waals surface area contributed by atoms with Crippen LogP contribution in [0.5, 0.6) is 0 Å². The molecule has 0 aliphatic heterocycles. The summed E-state index contributed by atoms with van der Waals surface area (Å²) in [5.74, 6) is -0.217. The van der Waals surface area contributed by atoms with Crippen LogP contribution in [0.4, 0.5) is 0 Å². The third-order valence-corrected chi connectivity index (χ3v) is 11.3. The van der Waals surface area contributed by atoms with Gasteiger partial charge in [-0.15, -0.1) is 0 Å². The first-order chi connectivity index (χ1) is 26.2. The van der Waals surface area contributed by atoms with Gasteiger partial charge in [0.1, 0.15) is 0 Å². The molecule has 0 amide bonds. The molecule has 0 spiro atoms. The van der Waals surface area contributed by atoms with Gasteiger partial charge in [-0.25, -0.2) is 0 Å². The Hall–Kier alpha value is -1.06. The molecule has 0 aromatic rings. The summed E-state index contributed by atoms with van der Waals surface area (Å²) in [4.78, 5) is 24.0. The normalized spacial score (nSPS) is 11.4. The summed E-state index contributed by atoms with van der Waals surface area (Å²) in [6.45, 7) is 5.29. The Morgan fingerprint density at radius 1 is 0.245 bits per heavy atom. The van der Waals surface area contributed by atoms with Gasteiger partial charge in [0, 0.05) is 19.3 Å². The van der Waals surface area contributed by atoms with Gasteiger partial charge in [-0.1, -0.05) is 258 Å². The third kappa shape index (κ3) is 47.0. The lowest BCUT2D eigenvalue weighted by Gasteiger charge is -2.07. The number of unbranched alkanes of at least 4 members (excludes halogenated alkanes) is 38. The van der Waals surface area contributed by atoms with E-state index in [0.29, 0.717) is 32.5 Å². The Bertz CT molecular complexity index is 649. The van der Waals surface area contributed by atoms with Gasteiger partial charge in [-0.05, 0) is 12.8 Å². The first-order valence-electron chi connectivity index (χ1n) is 24.5. The van der Waals surface area contributed by atoms with Crippen molar-refractivity contribution in [1.29, 1.82) is 0 Å². The molecule has 0 heterocycles. The molecule has 0 fully saturated rings. The van der Waals surface area contributed by atoms with E-state index in [0.717, 1.165) is 25.7 Å². The van der Waals surface area contributed by atoms with Crippen LogP contribution in [0, 0.1) is 0 Å². The van der Waals surface area contributed by atoms with Gasteiger partial charge in [0.25, 0.3) is 0 Å². The van der Waals surface area contributed by atoms with Crippen LogP contribution in [-0.2, 0) is 19.1 Å². The Morgan fingerprint density at radius 3 is 0.604 bits per heavy atom. The Kier molecular flexibility index (Phi) is 46.2. The average Bonchev–Trinajstić information content (AvgIpc) is 3.16. The summed E-state index contributed by atoms with van der Waals surface area (Å²) < 4.78 is 10.7. The lowest BCUT2D eigenvalue weighted by molar-refractivity contribution is -0.146. The molecule has 0 aliphatic rings. The summed E-state index contributed by atoms with van der Waals surface area (Å²) in [7, 11) is 0. The highest BCUT2D eigenvalue weighted by Crippen LogP contribution is 2.17. The lowest BCUT2D eigenvalue weighted by atomic mass is 10.0. The Morgan fingerprint density at radius 2 is 0.415 bits per heavy atom. The second-order valence-electron chi connectivity index (χ2n) is 16.7. The smallest absolute Gasteiger partial charge is 0.305 e. The molecule has 0 saturated carbocycles. The van der Waals surface area contributed by atoms with Crippen LogP contribution in [0.3, 0.4) is 0 Å². The maximum Gasteiger partial charge on any atom is 0.305 e. The van der Waals surface area contributed by atoms with Gasteiger partial charge in [-0.3, -0.25) is 9.59 Å². The zero-order chi connectivity index (χ0) is 38.4. The predicted octanol–water partition coefficient (Wildman–Crippen LogP) is 16.9. The molecule has 0 bridgehead atoms. The molecule has 0 atom stereocenters. The highest BCUT2D eigenvalue weighted by atomic mass is 16.5. The van der Waals surface area contributed by atoms with Crippen molar-refractivity contribution in [1.82, 2.24) is 0 Å². The molecule has 0 aromatic heterocycles. The fraction of sp³-hybridized carbons (Fsp3) is 0.959. The van der Waals surface area contributed by atoms with Gasteiger partial charge in [0.2, 0.25) is 0 Å². The third-order valence-electron chi connectivity index (χ3n) is 11.3. The van der Waals surface area contributed by atoms with Crippen molar-refractivity contribution < 1.29 is 19.1 Å². The summed E-state index contributed by atoms with van der Waals surface area (Å²) in [6.07, 6.45) is 56.1. The van der Waals surface area contributed by atoms with Crippen LogP contribution < -0.4 is 0 Å². The van der Waals surface area contributed by atoms with Gasteiger partial charge >= 0.3 is 11.9 Å². The topological polar surface area (TPSA) is 52.6 Å². The van der Waals surface area contributed by atoms with E-state index in [4.69, 9.17) is 9.47 Å². The van der Waals surface area contributed by atoms with E-state index in [1.807, 2.05) is 0 Å². The van der Waals surface area contributed by atoms with Crippen LogP contribution in [0.1, 0.15) is 290 Å². The van der Waals surface area contributed by atoms with E-state index in [9.17, 15) is 9.59 Å². The second-order valence-corrected chi connectivity index (χ2v) is 16.7. The minimum atomic E-state index is -0.108. The number of hydrogen-bond donors (Lipinski definition) is 0. The van der Waals surface area contributed by atoms with Crippen molar-refractivity contribution in [3.05, 3.63) is 0 Å². The molecule has 316 valence electrons. The summed E-state index contributed by atoms with van der Waals surface area (Å²) >= 11 is 0. The van der Waals surface area contributed by atoms with Crippen LogP contribution in [0.2, 0.25) is 0 Å². The quantitative estimate of drug-likeness (QED) is 0.0459. The number of esters is 2. The molecule has 53 heavy (non-hydrogen) atoms. The second kappa shape index (κ2) is 47.1. The number of hydrogen-bond acceptors (Lipinski definition) is 4. The minimum absolute atomic E-state index is 0.108. The predicted molar refractivity (Wildman–Crippen MR) is 232 cm³/mol. The van der Waals surface area contributed by atoms with E-state index < -0.39 is 0 Å². The zero-order valence-electron chi connectivity index (χ0n) is 36.5. The monoisotopic (exact) mass is 749 g/mol. The first kappa shape index (κ1) is 51.9. The Balaban J connectivity index is 3.23. The molecule has 0 rings (SSSR count). The van der Waals surface area contributed by atoms with Crippen LogP contribution in [0.15, 0.2) is 0 Å². The van der Waals surface area contributed by atoms with Crippen molar-refractivity contribution in [2.75, 3.05) is 13.2 Å². The van der Waals surface area contributed by atoms with Crippen molar-refractivity contribution in [3.63, 3.8) is 0 Å². The SMILES string of the molecule is CCCCCCCCCCCCCCCCCCCCCCC(=O)OCCCOC(=O)CCCCCCCCCCCCCCCCCCCCCC. The van der Waals surface area contributed by atoms with Crippen molar-refractivity contribution >= 4 is 11.9 Å². The van der Waals surface area contributed by atoms with Crippen molar-refractivity contribution in [2.45, 2.75) is 290 Å². The molecule has 0 saturated heterocycles. The van der Waals surface area contributed by atoms with E-state index in [1.54, 1.807) is 0 Å². The zero-order valence-corrected chi connectivity index (χ0v) is 36.5. The van der Waals surface area contributed by atoms with Crippen molar-refractivity contribution in [3.8, 4) is 0 Å². The minimum Gasteiger partial charge on any atom is -0.466 e. The lowest BCUT2D eigenvalue weighted by Crippen LogP contribution is -2.10. The number of rotatable bonds is 46. The molecule has 0 radical (unpaired) electrons. The molecule has 0 unspecified atom stereocenters. The standard InChI is InChI=1S/C49H96O4/c1-3-5-7-9-11-13-15-17-19-21-23-25-27-29-31-33-35-37-39-41-44-48(50)52-46-43-47-53-49(51)45-42-40-38-36-34-32-30-28-26-24-22-20-18-16-14-12-10-8-6-4-2/h3-47H2,1-2H3. The highest BCUT2D eigenvalue weighted by molar-refractivity contribution is 5.69. The van der Waals surface area contributed by atoms with Crippen LogP contribution >= 0.6 is 0 Å². The number of carbonyl (C=O) groups is 2. The maximum absolute atomic E-state index is 12.0. The molecular formula is C49H96O4. The van der Waals surface area contributed by atoms with E-state index in [1.165, 1.54) is 231 Å². The fourth-order valence-electron chi connectivity index (χ4n) is 7.62. The summed E-state index contributed by atoms with van der Waals surface area (Å²) in [5.41, 5.74) is 0. The molecule has 0 N–H and O–H groups in total. The average molecular weight is 749 g/mol. The van der Waals surface area contributed by atoms with E-state index >= 15 is 0 Å².